The molecule has 1 amide bonds. The maximum atomic E-state index is 12.1. The van der Waals surface area contributed by atoms with E-state index < -0.39 is 5.60 Å². The lowest BCUT2D eigenvalue weighted by Gasteiger charge is -2.38. The number of benzene rings is 1. The van der Waals surface area contributed by atoms with Crippen molar-refractivity contribution in [2.75, 3.05) is 32.1 Å². The lowest BCUT2D eigenvalue weighted by molar-refractivity contribution is 0.0205. The molecule has 0 aliphatic carbocycles. The lowest BCUT2D eigenvalue weighted by atomic mass is 10.0. The Morgan fingerprint density at radius 1 is 1.12 bits per heavy atom. The zero-order valence-electron chi connectivity index (χ0n) is 15.7. The van der Waals surface area contributed by atoms with E-state index in [1.165, 1.54) is 7.11 Å². The summed E-state index contributed by atoms with van der Waals surface area (Å²) in [6.45, 7) is 7.00. The molecule has 0 bridgehead atoms. The number of likely N-dealkylation sites (tertiary alicyclic amines) is 1. The molecule has 0 radical (unpaired) electrons. The van der Waals surface area contributed by atoms with Crippen LogP contribution in [0.25, 0.3) is 0 Å². The Labute approximate surface area is 149 Å². The Morgan fingerprint density at radius 2 is 1.68 bits per heavy atom. The van der Waals surface area contributed by atoms with Crippen molar-refractivity contribution in [3.63, 3.8) is 0 Å². The van der Waals surface area contributed by atoms with Crippen LogP contribution < -0.4 is 4.90 Å². The summed E-state index contributed by atoms with van der Waals surface area (Å²) in [6, 6.07) is 7.74. The number of hydrogen-bond donors (Lipinski definition) is 0. The van der Waals surface area contributed by atoms with Crippen molar-refractivity contribution in [3.05, 3.63) is 29.8 Å². The minimum Gasteiger partial charge on any atom is -0.465 e. The largest absolute Gasteiger partial charge is 0.465 e. The highest BCUT2D eigenvalue weighted by atomic mass is 16.6. The van der Waals surface area contributed by atoms with Gasteiger partial charge in [0.1, 0.15) is 5.60 Å². The van der Waals surface area contributed by atoms with Crippen LogP contribution in [0.3, 0.4) is 0 Å². The summed E-state index contributed by atoms with van der Waals surface area (Å²) in [5, 5.41) is 0. The highest BCUT2D eigenvalue weighted by molar-refractivity contribution is 5.89. The number of amides is 1. The zero-order chi connectivity index (χ0) is 18.6. The summed E-state index contributed by atoms with van der Waals surface area (Å²) in [4.78, 5) is 27.6. The van der Waals surface area contributed by atoms with Gasteiger partial charge in [-0.3, -0.25) is 0 Å². The van der Waals surface area contributed by atoms with Gasteiger partial charge in [-0.15, -0.1) is 0 Å². The third kappa shape index (κ3) is 5.11. The van der Waals surface area contributed by atoms with Gasteiger partial charge in [-0.1, -0.05) is 0 Å². The number of nitrogens with zero attached hydrogens (tertiary/aromatic N) is 2. The standard InChI is InChI=1S/C19H28N2O4/c1-19(2,3)25-18(23)21-12-10-16(11-13-21)20(4)15-8-6-14(7-9-15)17(22)24-5/h6-9,16H,10-13H2,1-5H3. The molecule has 0 spiro atoms. The van der Waals surface area contributed by atoms with Crippen LogP contribution in [0.1, 0.15) is 44.0 Å². The number of piperidine rings is 1. The van der Waals surface area contributed by atoms with Gasteiger partial charge in [0, 0.05) is 31.9 Å². The van der Waals surface area contributed by atoms with Crippen molar-refractivity contribution in [2.24, 2.45) is 0 Å². The average Bonchev–Trinajstić information content (AvgIpc) is 2.59. The SMILES string of the molecule is COC(=O)c1ccc(N(C)C2CCN(C(=O)OC(C)(C)C)CC2)cc1. The topological polar surface area (TPSA) is 59.1 Å². The number of rotatable bonds is 3. The molecule has 1 heterocycles. The van der Waals surface area contributed by atoms with Gasteiger partial charge in [0.25, 0.3) is 0 Å². The molecule has 1 saturated heterocycles. The van der Waals surface area contributed by atoms with E-state index in [0.29, 0.717) is 24.7 Å². The predicted octanol–water partition coefficient (Wildman–Crippen LogP) is 3.31. The number of carbonyl (C=O) groups is 2. The zero-order valence-corrected chi connectivity index (χ0v) is 15.7. The molecule has 6 heteroatoms. The number of carbonyl (C=O) groups excluding carboxylic acids is 2. The number of methoxy groups -OCH3 is 1. The van der Waals surface area contributed by atoms with Gasteiger partial charge < -0.3 is 19.3 Å². The molecule has 1 aliphatic heterocycles. The van der Waals surface area contributed by atoms with Crippen molar-refractivity contribution >= 4 is 17.7 Å². The van der Waals surface area contributed by atoms with Gasteiger partial charge in [0.05, 0.1) is 12.7 Å². The molecular weight excluding hydrogens is 320 g/mol. The number of ether oxygens (including phenoxy) is 2. The summed E-state index contributed by atoms with van der Waals surface area (Å²) in [5.41, 5.74) is 1.12. The Balaban J connectivity index is 1.91. The molecule has 0 N–H and O–H groups in total. The smallest absolute Gasteiger partial charge is 0.410 e. The first-order valence-corrected chi connectivity index (χ1v) is 8.60. The van der Waals surface area contributed by atoms with E-state index in [1.807, 2.05) is 40.0 Å². The maximum Gasteiger partial charge on any atom is 0.410 e. The molecule has 25 heavy (non-hydrogen) atoms. The molecule has 0 atom stereocenters. The van der Waals surface area contributed by atoms with Gasteiger partial charge >= 0.3 is 12.1 Å². The lowest BCUT2D eigenvalue weighted by Crippen LogP contribution is -2.47. The summed E-state index contributed by atoms with van der Waals surface area (Å²) in [5.74, 6) is -0.333. The van der Waals surface area contributed by atoms with Crippen LogP contribution in [0.2, 0.25) is 0 Å². The number of hydrogen-bond acceptors (Lipinski definition) is 5. The molecule has 0 aromatic heterocycles. The molecular formula is C19H28N2O4. The third-order valence-electron chi connectivity index (χ3n) is 4.36. The van der Waals surface area contributed by atoms with Crippen LogP contribution in [0, 0.1) is 0 Å². The van der Waals surface area contributed by atoms with E-state index in [2.05, 4.69) is 4.90 Å². The average molecular weight is 348 g/mol. The highest BCUT2D eigenvalue weighted by Gasteiger charge is 2.28. The van der Waals surface area contributed by atoms with E-state index in [1.54, 1.807) is 17.0 Å². The van der Waals surface area contributed by atoms with Crippen molar-refractivity contribution < 1.29 is 19.1 Å². The first-order chi connectivity index (χ1) is 11.7. The molecule has 0 unspecified atom stereocenters. The van der Waals surface area contributed by atoms with Crippen LogP contribution in [0.15, 0.2) is 24.3 Å². The first-order valence-electron chi connectivity index (χ1n) is 8.60. The minimum atomic E-state index is -0.466. The van der Waals surface area contributed by atoms with Crippen LogP contribution in [0.4, 0.5) is 10.5 Å². The Kier molecular flexibility index (Phi) is 5.93. The van der Waals surface area contributed by atoms with E-state index in [9.17, 15) is 9.59 Å². The van der Waals surface area contributed by atoms with Crippen LogP contribution >= 0.6 is 0 Å². The number of anilines is 1. The molecule has 1 fully saturated rings. The van der Waals surface area contributed by atoms with E-state index in [0.717, 1.165) is 18.5 Å². The first kappa shape index (κ1) is 19.1. The second-order valence-electron chi connectivity index (χ2n) is 7.35. The number of esters is 1. The Morgan fingerprint density at radius 3 is 2.16 bits per heavy atom. The van der Waals surface area contributed by atoms with Gasteiger partial charge in [-0.05, 0) is 57.9 Å². The maximum absolute atomic E-state index is 12.1. The fraction of sp³-hybridized carbons (Fsp3) is 0.579. The summed E-state index contributed by atoms with van der Waals surface area (Å²) < 4.78 is 10.2. The molecule has 1 aromatic carbocycles. The molecule has 6 nitrogen and oxygen atoms in total. The summed E-state index contributed by atoms with van der Waals surface area (Å²) in [7, 11) is 3.42. The quantitative estimate of drug-likeness (QED) is 0.785. The van der Waals surface area contributed by atoms with Crippen LogP contribution in [-0.2, 0) is 9.47 Å². The van der Waals surface area contributed by atoms with Crippen LogP contribution in [0.5, 0.6) is 0 Å². The van der Waals surface area contributed by atoms with Crippen LogP contribution in [-0.4, -0.2) is 55.9 Å². The predicted molar refractivity (Wildman–Crippen MR) is 97.0 cm³/mol. The Bertz CT molecular complexity index is 599. The molecule has 1 aromatic rings. The summed E-state index contributed by atoms with van der Waals surface area (Å²) >= 11 is 0. The molecule has 1 aliphatic rings. The third-order valence-corrected chi connectivity index (χ3v) is 4.36. The van der Waals surface area contributed by atoms with Gasteiger partial charge in [-0.25, -0.2) is 9.59 Å². The molecule has 0 saturated carbocycles. The highest BCUT2D eigenvalue weighted by Crippen LogP contribution is 2.23. The van der Waals surface area contributed by atoms with Gasteiger partial charge in [0.15, 0.2) is 0 Å². The van der Waals surface area contributed by atoms with E-state index in [4.69, 9.17) is 9.47 Å². The second kappa shape index (κ2) is 7.76. The Hall–Kier alpha value is -2.24. The molecule has 2 rings (SSSR count). The second-order valence-corrected chi connectivity index (χ2v) is 7.35. The van der Waals surface area contributed by atoms with Crippen molar-refractivity contribution in [1.29, 1.82) is 0 Å². The summed E-state index contributed by atoms with van der Waals surface area (Å²) in [6.07, 6.45) is 1.53. The van der Waals surface area contributed by atoms with Gasteiger partial charge in [0.2, 0.25) is 0 Å². The monoisotopic (exact) mass is 348 g/mol. The van der Waals surface area contributed by atoms with E-state index >= 15 is 0 Å². The minimum absolute atomic E-state index is 0.240. The van der Waals surface area contributed by atoms with Crippen molar-refractivity contribution in [2.45, 2.75) is 45.3 Å². The fourth-order valence-electron chi connectivity index (χ4n) is 2.92. The fourth-order valence-corrected chi connectivity index (χ4v) is 2.92. The molecule has 138 valence electrons. The van der Waals surface area contributed by atoms with E-state index in [-0.39, 0.29) is 12.1 Å². The van der Waals surface area contributed by atoms with Gasteiger partial charge in [-0.2, -0.15) is 0 Å². The van der Waals surface area contributed by atoms with Crippen molar-refractivity contribution in [3.8, 4) is 0 Å². The van der Waals surface area contributed by atoms with Crippen molar-refractivity contribution in [1.82, 2.24) is 4.90 Å². The normalized spacial score (nSPS) is 15.6.